The molecule has 2 N–H and O–H groups in total. The van der Waals surface area contributed by atoms with Crippen LogP contribution in [-0.2, 0) is 9.53 Å². The normalized spacial score (nSPS) is 22.8. The Labute approximate surface area is 150 Å². The Morgan fingerprint density at radius 2 is 2.00 bits per heavy atom. The molecule has 0 radical (unpaired) electrons. The number of halogens is 2. The van der Waals surface area contributed by atoms with E-state index in [1.165, 1.54) is 0 Å². The Kier molecular flexibility index (Phi) is 4.11. The SMILES string of the molecule is CC1(C)CC(=O)C2=C(C1)OC(N)=C(C#N)[C@H]2c1ccc(Cl)c(Cl)c1. The average Bonchev–Trinajstić information content (AvgIpc) is 2.47. The first-order valence-corrected chi connectivity index (χ1v) is 8.28. The lowest BCUT2D eigenvalue weighted by Crippen LogP contribution is -2.33. The van der Waals surface area contributed by atoms with Crippen molar-refractivity contribution in [3.8, 4) is 6.07 Å². The van der Waals surface area contributed by atoms with Crippen LogP contribution in [0, 0.1) is 16.7 Å². The third-order valence-corrected chi connectivity index (χ3v) is 5.09. The number of nitrogens with two attached hydrogens (primary N) is 1. The van der Waals surface area contributed by atoms with Crippen LogP contribution in [0.25, 0.3) is 0 Å². The lowest BCUT2D eigenvalue weighted by atomic mass is 9.70. The fraction of sp³-hybridized carbons (Fsp3) is 0.333. The number of hydrogen-bond acceptors (Lipinski definition) is 4. The number of hydrogen-bond donors (Lipinski definition) is 1. The minimum atomic E-state index is -0.572. The van der Waals surface area contributed by atoms with Crippen LogP contribution in [0.4, 0.5) is 0 Å². The van der Waals surface area contributed by atoms with Gasteiger partial charge in [0.05, 0.1) is 16.0 Å². The molecule has 24 heavy (non-hydrogen) atoms. The van der Waals surface area contributed by atoms with Gasteiger partial charge >= 0.3 is 0 Å². The summed E-state index contributed by atoms with van der Waals surface area (Å²) in [5.74, 6) is -0.0173. The smallest absolute Gasteiger partial charge is 0.205 e. The van der Waals surface area contributed by atoms with Gasteiger partial charge in [-0.25, -0.2) is 0 Å². The van der Waals surface area contributed by atoms with E-state index in [9.17, 15) is 10.1 Å². The Morgan fingerprint density at radius 3 is 2.62 bits per heavy atom. The predicted octanol–water partition coefficient (Wildman–Crippen LogP) is 4.44. The van der Waals surface area contributed by atoms with E-state index in [-0.39, 0.29) is 22.7 Å². The first-order chi connectivity index (χ1) is 11.2. The second-order valence-corrected chi connectivity index (χ2v) is 7.69. The summed E-state index contributed by atoms with van der Waals surface area (Å²) in [5.41, 5.74) is 7.17. The molecular formula is C18H16Cl2N2O2. The predicted molar refractivity (Wildman–Crippen MR) is 92.2 cm³/mol. The third-order valence-electron chi connectivity index (χ3n) is 4.35. The highest BCUT2D eigenvalue weighted by Crippen LogP contribution is 2.48. The molecule has 1 aromatic carbocycles. The zero-order chi connectivity index (χ0) is 17.6. The Bertz CT molecular complexity index is 847. The van der Waals surface area contributed by atoms with E-state index in [2.05, 4.69) is 6.07 Å². The molecule has 0 spiro atoms. The van der Waals surface area contributed by atoms with Gasteiger partial charge in [-0.05, 0) is 23.1 Å². The molecule has 1 aromatic rings. The van der Waals surface area contributed by atoms with E-state index in [1.54, 1.807) is 18.2 Å². The number of benzene rings is 1. The van der Waals surface area contributed by atoms with Crippen molar-refractivity contribution >= 4 is 29.0 Å². The lowest BCUT2D eigenvalue weighted by molar-refractivity contribution is -0.119. The number of allylic oxidation sites excluding steroid dienone is 3. The maximum atomic E-state index is 12.8. The number of nitrogens with zero attached hydrogens (tertiary/aromatic N) is 1. The van der Waals surface area contributed by atoms with E-state index in [0.717, 1.165) is 0 Å². The molecule has 1 atom stereocenters. The van der Waals surface area contributed by atoms with Gasteiger partial charge in [-0.2, -0.15) is 5.26 Å². The van der Waals surface area contributed by atoms with E-state index >= 15 is 0 Å². The molecule has 0 unspecified atom stereocenters. The second kappa shape index (κ2) is 5.84. The van der Waals surface area contributed by atoms with Gasteiger partial charge in [-0.15, -0.1) is 0 Å². The van der Waals surface area contributed by atoms with Crippen LogP contribution in [0.5, 0.6) is 0 Å². The van der Waals surface area contributed by atoms with Crippen LogP contribution in [-0.4, -0.2) is 5.78 Å². The zero-order valence-corrected chi connectivity index (χ0v) is 14.8. The summed E-state index contributed by atoms with van der Waals surface area (Å²) in [5, 5.41) is 10.3. The van der Waals surface area contributed by atoms with Crippen LogP contribution in [0.2, 0.25) is 10.0 Å². The molecule has 1 heterocycles. The molecular weight excluding hydrogens is 347 g/mol. The largest absolute Gasteiger partial charge is 0.444 e. The number of rotatable bonds is 1. The first-order valence-electron chi connectivity index (χ1n) is 7.52. The Hall–Kier alpha value is -1.96. The van der Waals surface area contributed by atoms with Crippen molar-refractivity contribution in [2.45, 2.75) is 32.6 Å². The number of Topliss-reactive ketones (excluding diaryl/α,β-unsaturated/α-hetero) is 1. The fourth-order valence-electron chi connectivity index (χ4n) is 3.31. The van der Waals surface area contributed by atoms with Crippen molar-refractivity contribution in [3.63, 3.8) is 0 Å². The molecule has 0 saturated carbocycles. The monoisotopic (exact) mass is 362 g/mol. The van der Waals surface area contributed by atoms with Gasteiger partial charge in [-0.1, -0.05) is 43.1 Å². The van der Waals surface area contributed by atoms with Crippen LogP contribution < -0.4 is 5.73 Å². The van der Waals surface area contributed by atoms with Crippen molar-refractivity contribution in [2.75, 3.05) is 0 Å². The number of ether oxygens (including phenoxy) is 1. The van der Waals surface area contributed by atoms with Gasteiger partial charge in [0, 0.05) is 18.4 Å². The van der Waals surface area contributed by atoms with Crippen molar-refractivity contribution in [1.82, 2.24) is 0 Å². The Balaban J connectivity index is 2.20. The van der Waals surface area contributed by atoms with Crippen LogP contribution in [0.15, 0.2) is 41.0 Å². The van der Waals surface area contributed by atoms with Crippen molar-refractivity contribution < 1.29 is 9.53 Å². The molecule has 4 nitrogen and oxygen atoms in total. The maximum absolute atomic E-state index is 12.8. The van der Waals surface area contributed by atoms with Gasteiger partial charge < -0.3 is 10.5 Å². The number of carbonyl (C=O) groups excluding carboxylic acids is 1. The van der Waals surface area contributed by atoms with E-state index in [4.69, 9.17) is 33.7 Å². The molecule has 3 rings (SSSR count). The molecule has 0 saturated heterocycles. The summed E-state index contributed by atoms with van der Waals surface area (Å²) >= 11 is 12.1. The summed E-state index contributed by atoms with van der Waals surface area (Å²) in [4.78, 5) is 12.8. The average molecular weight is 363 g/mol. The highest BCUT2D eigenvalue weighted by atomic mass is 35.5. The first kappa shape index (κ1) is 16.9. The molecule has 2 aliphatic rings. The third kappa shape index (κ3) is 2.79. The minimum absolute atomic E-state index is 0.0300. The fourth-order valence-corrected chi connectivity index (χ4v) is 3.62. The molecule has 1 aliphatic heterocycles. The molecule has 0 amide bonds. The molecule has 6 heteroatoms. The van der Waals surface area contributed by atoms with Gasteiger partial charge in [0.2, 0.25) is 5.88 Å². The van der Waals surface area contributed by atoms with E-state index in [0.29, 0.717) is 39.8 Å². The maximum Gasteiger partial charge on any atom is 0.205 e. The van der Waals surface area contributed by atoms with Gasteiger partial charge in [-0.3, -0.25) is 4.79 Å². The topological polar surface area (TPSA) is 76.1 Å². The number of carbonyl (C=O) groups is 1. The standard InChI is InChI=1S/C18H16Cl2N2O2/c1-18(2)6-13(23)16-14(7-18)24-17(22)10(8-21)15(16)9-3-4-11(19)12(20)5-9/h3-5,15H,6-7,22H2,1-2H3/t15-/m1/s1. The summed E-state index contributed by atoms with van der Waals surface area (Å²) in [6, 6.07) is 7.15. The zero-order valence-electron chi connectivity index (χ0n) is 13.3. The Morgan fingerprint density at radius 1 is 1.29 bits per heavy atom. The minimum Gasteiger partial charge on any atom is -0.444 e. The van der Waals surface area contributed by atoms with Gasteiger partial charge in [0.1, 0.15) is 17.4 Å². The highest BCUT2D eigenvalue weighted by molar-refractivity contribution is 6.42. The summed E-state index contributed by atoms with van der Waals surface area (Å²) < 4.78 is 5.64. The van der Waals surface area contributed by atoms with Crippen molar-refractivity contribution in [3.05, 3.63) is 56.6 Å². The van der Waals surface area contributed by atoms with Gasteiger partial charge in [0.15, 0.2) is 5.78 Å². The summed E-state index contributed by atoms with van der Waals surface area (Å²) in [7, 11) is 0. The second-order valence-electron chi connectivity index (χ2n) is 6.88. The van der Waals surface area contributed by atoms with Crippen LogP contribution in [0.3, 0.4) is 0 Å². The molecule has 0 bridgehead atoms. The molecule has 1 aliphatic carbocycles. The summed E-state index contributed by atoms with van der Waals surface area (Å²) in [6.07, 6.45) is 0.983. The van der Waals surface area contributed by atoms with E-state index in [1.807, 2.05) is 13.8 Å². The highest BCUT2D eigenvalue weighted by Gasteiger charge is 2.42. The summed E-state index contributed by atoms with van der Waals surface area (Å²) in [6.45, 7) is 4.01. The van der Waals surface area contributed by atoms with Crippen molar-refractivity contribution in [1.29, 1.82) is 5.26 Å². The quantitative estimate of drug-likeness (QED) is 0.800. The lowest BCUT2D eigenvalue weighted by Gasteiger charge is -2.37. The molecule has 124 valence electrons. The van der Waals surface area contributed by atoms with E-state index < -0.39 is 5.92 Å². The number of nitriles is 1. The molecule has 0 fully saturated rings. The van der Waals surface area contributed by atoms with Crippen LogP contribution in [0.1, 0.15) is 38.2 Å². The van der Waals surface area contributed by atoms with Crippen molar-refractivity contribution in [2.24, 2.45) is 11.1 Å². The number of ketones is 1. The van der Waals surface area contributed by atoms with Crippen LogP contribution >= 0.6 is 23.2 Å². The molecule has 0 aromatic heterocycles. The van der Waals surface area contributed by atoms with Gasteiger partial charge in [0.25, 0.3) is 0 Å².